The third kappa shape index (κ3) is 2.45. The highest BCUT2D eigenvalue weighted by Crippen LogP contribution is 2.47. The lowest BCUT2D eigenvalue weighted by Crippen LogP contribution is -2.52. The SMILES string of the molecule is O=[N+]([O-])[C@H]1[C@H]([C@@H](O)[C@@H](O)[C@H](O)[C@H](O)CO)[C@H]2C=C[C@@H]1C2. The molecule has 0 unspecified atom stereocenters. The zero-order valence-corrected chi connectivity index (χ0v) is 10.7. The van der Waals surface area contributed by atoms with Crippen LogP contribution in [0, 0.1) is 27.9 Å². The molecule has 0 amide bonds. The second-order valence-corrected chi connectivity index (χ2v) is 5.52. The molecule has 2 rings (SSSR count). The van der Waals surface area contributed by atoms with Gasteiger partial charge in [0.1, 0.15) is 18.3 Å². The van der Waals surface area contributed by atoms with Gasteiger partial charge in [0.15, 0.2) is 0 Å². The van der Waals surface area contributed by atoms with E-state index in [0.29, 0.717) is 6.42 Å². The van der Waals surface area contributed by atoms with Crippen LogP contribution in [0.3, 0.4) is 0 Å². The van der Waals surface area contributed by atoms with Gasteiger partial charge in [-0.2, -0.15) is 0 Å². The molecule has 20 heavy (non-hydrogen) atoms. The minimum absolute atomic E-state index is 0.224. The average molecular weight is 289 g/mol. The number of rotatable bonds is 6. The molecule has 5 N–H and O–H groups in total. The molecule has 114 valence electrons. The van der Waals surface area contributed by atoms with E-state index < -0.39 is 47.9 Å². The van der Waals surface area contributed by atoms with E-state index in [1.807, 2.05) is 0 Å². The number of hydrogen-bond donors (Lipinski definition) is 5. The van der Waals surface area contributed by atoms with Crippen molar-refractivity contribution in [1.29, 1.82) is 0 Å². The molecule has 0 aliphatic heterocycles. The Morgan fingerprint density at radius 1 is 1.15 bits per heavy atom. The molecule has 0 spiro atoms. The summed E-state index contributed by atoms with van der Waals surface area (Å²) in [6, 6.07) is -1.01. The first-order valence-electron chi connectivity index (χ1n) is 6.53. The molecule has 2 aliphatic rings. The maximum atomic E-state index is 11.1. The van der Waals surface area contributed by atoms with E-state index in [4.69, 9.17) is 5.11 Å². The number of nitrogens with zero attached hydrogens (tertiary/aromatic N) is 1. The van der Waals surface area contributed by atoms with Gasteiger partial charge < -0.3 is 25.5 Å². The van der Waals surface area contributed by atoms with Crippen molar-refractivity contribution in [3.8, 4) is 0 Å². The third-order valence-electron chi connectivity index (χ3n) is 4.40. The van der Waals surface area contributed by atoms with E-state index in [0.717, 1.165) is 0 Å². The third-order valence-corrected chi connectivity index (χ3v) is 4.40. The fraction of sp³-hybridized carbons (Fsp3) is 0.833. The van der Waals surface area contributed by atoms with Gasteiger partial charge in [-0.05, 0) is 12.3 Å². The summed E-state index contributed by atoms with van der Waals surface area (Å²) in [6.45, 7) is -0.778. The van der Waals surface area contributed by atoms with Crippen molar-refractivity contribution < 1.29 is 30.5 Å². The van der Waals surface area contributed by atoms with Crippen LogP contribution < -0.4 is 0 Å². The molecule has 1 fully saturated rings. The van der Waals surface area contributed by atoms with Gasteiger partial charge in [-0.3, -0.25) is 10.1 Å². The average Bonchev–Trinajstić information content (AvgIpc) is 3.04. The van der Waals surface area contributed by atoms with Crippen LogP contribution in [-0.2, 0) is 0 Å². The quantitative estimate of drug-likeness (QED) is 0.214. The van der Waals surface area contributed by atoms with Crippen molar-refractivity contribution in [2.45, 2.75) is 36.9 Å². The van der Waals surface area contributed by atoms with Gasteiger partial charge >= 0.3 is 0 Å². The van der Waals surface area contributed by atoms with Crippen molar-refractivity contribution >= 4 is 0 Å². The number of hydrogen-bond acceptors (Lipinski definition) is 7. The summed E-state index contributed by atoms with van der Waals surface area (Å²) in [5, 5.41) is 58.7. The highest BCUT2D eigenvalue weighted by molar-refractivity contribution is 5.16. The topological polar surface area (TPSA) is 144 Å². The molecular formula is C12H19NO7. The minimum atomic E-state index is -1.76. The number of aliphatic hydroxyl groups excluding tert-OH is 5. The fourth-order valence-corrected chi connectivity index (χ4v) is 3.35. The van der Waals surface area contributed by atoms with Crippen molar-refractivity contribution in [2.75, 3.05) is 6.61 Å². The highest BCUT2D eigenvalue weighted by atomic mass is 16.6. The van der Waals surface area contributed by atoms with Crippen LogP contribution in [0.2, 0.25) is 0 Å². The molecule has 0 aromatic rings. The molecule has 0 heterocycles. The molecule has 0 saturated heterocycles. The fourth-order valence-electron chi connectivity index (χ4n) is 3.35. The Morgan fingerprint density at radius 2 is 1.75 bits per heavy atom. The minimum Gasteiger partial charge on any atom is -0.394 e. The van der Waals surface area contributed by atoms with Gasteiger partial charge in [0.05, 0.1) is 18.6 Å². The number of fused-ring (bicyclic) bond motifs is 2. The molecule has 2 aliphatic carbocycles. The van der Waals surface area contributed by atoms with Gasteiger partial charge in [0, 0.05) is 10.8 Å². The molecule has 1 saturated carbocycles. The number of nitro groups is 1. The van der Waals surface area contributed by atoms with Crippen LogP contribution >= 0.6 is 0 Å². The Labute approximate surface area is 115 Å². The van der Waals surface area contributed by atoms with E-state index in [9.17, 15) is 30.5 Å². The lowest BCUT2D eigenvalue weighted by Gasteiger charge is -2.32. The van der Waals surface area contributed by atoms with Gasteiger partial charge in [0.25, 0.3) is 0 Å². The zero-order valence-electron chi connectivity index (χ0n) is 10.7. The van der Waals surface area contributed by atoms with Crippen LogP contribution in [0.15, 0.2) is 12.2 Å². The zero-order chi connectivity index (χ0) is 15.0. The van der Waals surface area contributed by atoms with E-state index in [1.54, 1.807) is 12.2 Å². The first-order valence-corrected chi connectivity index (χ1v) is 6.53. The molecule has 0 aromatic carbocycles. The van der Waals surface area contributed by atoms with Gasteiger partial charge in [-0.1, -0.05) is 12.2 Å². The van der Waals surface area contributed by atoms with Crippen LogP contribution in [0.25, 0.3) is 0 Å². The Balaban J connectivity index is 2.13. The van der Waals surface area contributed by atoms with Crippen LogP contribution in [0.4, 0.5) is 0 Å². The van der Waals surface area contributed by atoms with Crippen LogP contribution in [-0.4, -0.2) is 67.5 Å². The second kappa shape index (κ2) is 5.74. The van der Waals surface area contributed by atoms with E-state index in [2.05, 4.69) is 0 Å². The maximum absolute atomic E-state index is 11.1. The number of aliphatic hydroxyl groups is 5. The van der Waals surface area contributed by atoms with E-state index in [1.165, 1.54) is 0 Å². The summed E-state index contributed by atoms with van der Waals surface area (Å²) in [4.78, 5) is 10.6. The number of allylic oxidation sites excluding steroid dienone is 1. The highest BCUT2D eigenvalue weighted by Gasteiger charge is 2.56. The molecule has 8 heteroatoms. The molecule has 8 atom stereocenters. The Bertz CT molecular complexity index is 401. The summed E-state index contributed by atoms with van der Waals surface area (Å²) >= 11 is 0. The van der Waals surface area contributed by atoms with Gasteiger partial charge in [-0.15, -0.1) is 0 Å². The predicted molar refractivity (Wildman–Crippen MR) is 66.1 cm³/mol. The lowest BCUT2D eigenvalue weighted by molar-refractivity contribution is -0.538. The Morgan fingerprint density at radius 3 is 2.30 bits per heavy atom. The second-order valence-electron chi connectivity index (χ2n) is 5.52. The first-order chi connectivity index (χ1) is 9.38. The first kappa shape index (κ1) is 15.3. The molecule has 2 bridgehead atoms. The lowest BCUT2D eigenvalue weighted by atomic mass is 9.81. The maximum Gasteiger partial charge on any atom is 0.225 e. The molecular weight excluding hydrogens is 270 g/mol. The summed E-state index contributed by atoms with van der Waals surface area (Å²) in [6.07, 6.45) is -2.60. The van der Waals surface area contributed by atoms with Crippen LogP contribution in [0.1, 0.15) is 6.42 Å². The van der Waals surface area contributed by atoms with Crippen molar-refractivity contribution in [2.24, 2.45) is 17.8 Å². The molecule has 8 nitrogen and oxygen atoms in total. The molecule has 0 aromatic heterocycles. The summed E-state index contributed by atoms with van der Waals surface area (Å²) in [5.41, 5.74) is 0. The van der Waals surface area contributed by atoms with E-state index >= 15 is 0 Å². The normalized spacial score (nSPS) is 37.6. The Hall–Kier alpha value is -1.06. The van der Waals surface area contributed by atoms with Gasteiger partial charge in [0.2, 0.25) is 6.04 Å². The summed E-state index contributed by atoms with van der Waals surface area (Å²) in [7, 11) is 0. The standard InChI is InChI=1S/C12H19NO7/c14-4-7(15)10(16)12(18)11(17)8-5-1-2-6(3-5)9(8)13(19)20/h1-2,5-12,14-18H,3-4H2/t5-,6+,7+,8+,9+,10+,11+,12-/m0/s1. The Kier molecular flexibility index (Phi) is 4.40. The van der Waals surface area contributed by atoms with E-state index in [-0.39, 0.29) is 11.8 Å². The predicted octanol–water partition coefficient (Wildman–Crippen LogP) is -2.11. The smallest absolute Gasteiger partial charge is 0.225 e. The summed E-state index contributed by atoms with van der Waals surface area (Å²) in [5.74, 6) is -1.31. The van der Waals surface area contributed by atoms with Crippen molar-refractivity contribution in [1.82, 2.24) is 0 Å². The van der Waals surface area contributed by atoms with Crippen molar-refractivity contribution in [3.05, 3.63) is 22.3 Å². The van der Waals surface area contributed by atoms with Gasteiger partial charge in [-0.25, -0.2) is 0 Å². The monoisotopic (exact) mass is 289 g/mol. The summed E-state index contributed by atoms with van der Waals surface area (Å²) < 4.78 is 0. The van der Waals surface area contributed by atoms with Crippen LogP contribution in [0.5, 0.6) is 0 Å². The largest absolute Gasteiger partial charge is 0.394 e. The molecule has 0 radical (unpaired) electrons. The van der Waals surface area contributed by atoms with Crippen molar-refractivity contribution in [3.63, 3.8) is 0 Å².